The number of rotatable bonds is 3. The van der Waals surface area contributed by atoms with Crippen molar-refractivity contribution in [2.75, 3.05) is 34.0 Å². The van der Waals surface area contributed by atoms with Crippen LogP contribution in [-0.2, 0) is 4.74 Å². The number of methoxy groups -OCH3 is 2. The number of halogens is 1. The summed E-state index contributed by atoms with van der Waals surface area (Å²) in [6, 6.07) is 4.19. The van der Waals surface area contributed by atoms with Crippen LogP contribution in [0.2, 0.25) is 0 Å². The Hall–Kier alpha value is -0.780. The van der Waals surface area contributed by atoms with Crippen molar-refractivity contribution in [3.05, 3.63) is 22.2 Å². The molecule has 1 saturated heterocycles. The first-order valence-corrected chi connectivity index (χ1v) is 6.28. The Morgan fingerprint density at radius 2 is 1.94 bits per heavy atom. The summed E-state index contributed by atoms with van der Waals surface area (Å²) in [5, 5.41) is 3.41. The molecule has 1 N–H and O–H groups in total. The van der Waals surface area contributed by atoms with Crippen molar-refractivity contribution >= 4 is 15.9 Å². The molecule has 5 heteroatoms. The highest BCUT2D eigenvalue weighted by atomic mass is 79.9. The van der Waals surface area contributed by atoms with E-state index in [0.29, 0.717) is 6.61 Å². The molecule has 0 bridgehead atoms. The van der Waals surface area contributed by atoms with Crippen LogP contribution < -0.4 is 14.8 Å². The Bertz CT molecular complexity index is 366. The topological polar surface area (TPSA) is 39.7 Å². The lowest BCUT2D eigenvalue weighted by atomic mass is 10.1. The number of morpholine rings is 1. The molecule has 0 aliphatic carbocycles. The Morgan fingerprint density at radius 3 is 2.41 bits per heavy atom. The molecule has 1 heterocycles. The maximum Gasteiger partial charge on any atom is 0.137 e. The lowest BCUT2D eigenvalue weighted by Gasteiger charge is -2.25. The maximum absolute atomic E-state index is 5.46. The third-order valence-corrected chi connectivity index (χ3v) is 3.57. The van der Waals surface area contributed by atoms with Crippen LogP contribution in [0.1, 0.15) is 11.6 Å². The third-order valence-electron chi connectivity index (χ3n) is 2.79. The van der Waals surface area contributed by atoms with Gasteiger partial charge in [0.2, 0.25) is 0 Å². The number of nitrogens with one attached hydrogen (secondary N) is 1. The predicted molar refractivity (Wildman–Crippen MR) is 68.8 cm³/mol. The minimum Gasteiger partial charge on any atom is -0.495 e. The molecule has 0 amide bonds. The molecular formula is C12H16BrNO3. The first-order chi connectivity index (χ1) is 8.26. The SMILES string of the molecule is COc1cc([C@H]2COCCN2)cc(OC)c1Br. The summed E-state index contributed by atoms with van der Waals surface area (Å²) in [7, 11) is 3.29. The summed E-state index contributed by atoms with van der Waals surface area (Å²) in [4.78, 5) is 0. The molecule has 94 valence electrons. The van der Waals surface area contributed by atoms with Gasteiger partial charge in [-0.1, -0.05) is 0 Å². The first kappa shape index (κ1) is 12.7. The Balaban J connectivity index is 2.33. The Kier molecular flexibility index (Phi) is 4.25. The average Bonchev–Trinajstić information content (AvgIpc) is 2.40. The zero-order chi connectivity index (χ0) is 12.3. The van der Waals surface area contributed by atoms with Crippen LogP contribution in [-0.4, -0.2) is 34.0 Å². The third kappa shape index (κ3) is 2.73. The molecule has 0 aromatic heterocycles. The molecule has 1 aromatic carbocycles. The van der Waals surface area contributed by atoms with E-state index in [9.17, 15) is 0 Å². The molecule has 1 aliphatic heterocycles. The summed E-state index contributed by atoms with van der Waals surface area (Å²) in [6.07, 6.45) is 0. The highest BCUT2D eigenvalue weighted by Crippen LogP contribution is 2.37. The Labute approximate surface area is 109 Å². The van der Waals surface area contributed by atoms with E-state index in [1.54, 1.807) is 14.2 Å². The van der Waals surface area contributed by atoms with Crippen LogP contribution in [0.3, 0.4) is 0 Å². The van der Waals surface area contributed by atoms with E-state index in [1.165, 1.54) is 0 Å². The molecule has 17 heavy (non-hydrogen) atoms. The summed E-state index contributed by atoms with van der Waals surface area (Å²) in [5.41, 5.74) is 1.11. The number of hydrogen-bond acceptors (Lipinski definition) is 4. The largest absolute Gasteiger partial charge is 0.495 e. The summed E-state index contributed by atoms with van der Waals surface area (Å²) < 4.78 is 16.9. The van der Waals surface area contributed by atoms with Crippen LogP contribution in [0.15, 0.2) is 16.6 Å². The van der Waals surface area contributed by atoms with Gasteiger partial charge in [-0.05, 0) is 33.6 Å². The minimum atomic E-state index is 0.194. The smallest absolute Gasteiger partial charge is 0.137 e. The van der Waals surface area contributed by atoms with Crippen molar-refractivity contribution in [2.45, 2.75) is 6.04 Å². The van der Waals surface area contributed by atoms with Crippen LogP contribution in [0.25, 0.3) is 0 Å². The van der Waals surface area contributed by atoms with Crippen molar-refractivity contribution in [1.29, 1.82) is 0 Å². The van der Waals surface area contributed by atoms with Gasteiger partial charge in [-0.3, -0.25) is 0 Å². The van der Waals surface area contributed by atoms with Gasteiger partial charge in [-0.25, -0.2) is 0 Å². The van der Waals surface area contributed by atoms with Gasteiger partial charge in [-0.2, -0.15) is 0 Å². The fourth-order valence-electron chi connectivity index (χ4n) is 1.87. The van der Waals surface area contributed by atoms with Gasteiger partial charge in [0.05, 0.1) is 33.5 Å². The second-order valence-corrected chi connectivity index (χ2v) is 4.61. The van der Waals surface area contributed by atoms with Gasteiger partial charge in [0.15, 0.2) is 0 Å². The van der Waals surface area contributed by atoms with E-state index in [4.69, 9.17) is 14.2 Å². The minimum absolute atomic E-state index is 0.194. The molecular weight excluding hydrogens is 286 g/mol. The van der Waals surface area contributed by atoms with Gasteiger partial charge in [-0.15, -0.1) is 0 Å². The van der Waals surface area contributed by atoms with Gasteiger partial charge in [0.1, 0.15) is 16.0 Å². The molecule has 1 aromatic rings. The molecule has 0 radical (unpaired) electrons. The molecule has 1 fully saturated rings. The summed E-state index contributed by atoms with van der Waals surface area (Å²) in [5.74, 6) is 1.54. The van der Waals surface area contributed by atoms with E-state index in [-0.39, 0.29) is 6.04 Å². The average molecular weight is 302 g/mol. The van der Waals surface area contributed by atoms with E-state index in [2.05, 4.69) is 21.2 Å². The quantitative estimate of drug-likeness (QED) is 0.928. The normalized spacial score (nSPS) is 20.1. The van der Waals surface area contributed by atoms with Crippen molar-refractivity contribution in [1.82, 2.24) is 5.32 Å². The first-order valence-electron chi connectivity index (χ1n) is 5.48. The molecule has 0 saturated carbocycles. The molecule has 0 spiro atoms. The van der Waals surface area contributed by atoms with Crippen molar-refractivity contribution < 1.29 is 14.2 Å². The van der Waals surface area contributed by atoms with Crippen molar-refractivity contribution in [3.8, 4) is 11.5 Å². The summed E-state index contributed by atoms with van der Waals surface area (Å²) in [6.45, 7) is 2.31. The van der Waals surface area contributed by atoms with E-state index in [1.807, 2.05) is 12.1 Å². The zero-order valence-electron chi connectivity index (χ0n) is 9.96. The number of benzene rings is 1. The van der Waals surface area contributed by atoms with E-state index >= 15 is 0 Å². The molecule has 1 aliphatic rings. The molecule has 2 rings (SSSR count). The molecule has 4 nitrogen and oxygen atoms in total. The van der Waals surface area contributed by atoms with Crippen molar-refractivity contribution in [2.24, 2.45) is 0 Å². The molecule has 0 unspecified atom stereocenters. The van der Waals surface area contributed by atoms with Gasteiger partial charge in [0, 0.05) is 6.54 Å². The van der Waals surface area contributed by atoms with Crippen LogP contribution in [0.4, 0.5) is 0 Å². The summed E-state index contributed by atoms with van der Waals surface area (Å²) >= 11 is 3.46. The highest BCUT2D eigenvalue weighted by Gasteiger charge is 2.19. The second kappa shape index (κ2) is 5.71. The van der Waals surface area contributed by atoms with Gasteiger partial charge >= 0.3 is 0 Å². The van der Waals surface area contributed by atoms with Gasteiger partial charge in [0.25, 0.3) is 0 Å². The fraction of sp³-hybridized carbons (Fsp3) is 0.500. The van der Waals surface area contributed by atoms with Crippen LogP contribution in [0, 0.1) is 0 Å². The standard InChI is InChI=1S/C12H16BrNO3/c1-15-10-5-8(6-11(16-2)12(10)13)9-7-17-4-3-14-9/h5-6,9,14H,3-4,7H2,1-2H3/t9-/m1/s1. The number of hydrogen-bond donors (Lipinski definition) is 1. The van der Waals surface area contributed by atoms with Crippen molar-refractivity contribution in [3.63, 3.8) is 0 Å². The number of ether oxygens (including phenoxy) is 3. The predicted octanol–water partition coefficient (Wildman–Crippen LogP) is 2.13. The zero-order valence-corrected chi connectivity index (χ0v) is 11.5. The van der Waals surface area contributed by atoms with Gasteiger partial charge < -0.3 is 19.5 Å². The molecule has 1 atom stereocenters. The van der Waals surface area contributed by atoms with E-state index < -0.39 is 0 Å². The van der Waals surface area contributed by atoms with Crippen LogP contribution >= 0.6 is 15.9 Å². The second-order valence-electron chi connectivity index (χ2n) is 3.82. The monoisotopic (exact) mass is 301 g/mol. The van der Waals surface area contributed by atoms with Crippen LogP contribution in [0.5, 0.6) is 11.5 Å². The highest BCUT2D eigenvalue weighted by molar-refractivity contribution is 9.10. The maximum atomic E-state index is 5.46. The lowest BCUT2D eigenvalue weighted by Crippen LogP contribution is -2.34. The van der Waals surface area contributed by atoms with E-state index in [0.717, 1.165) is 34.7 Å². The lowest BCUT2D eigenvalue weighted by molar-refractivity contribution is 0.0767. The Morgan fingerprint density at radius 1 is 1.29 bits per heavy atom. The fourth-order valence-corrected chi connectivity index (χ4v) is 2.42.